The highest BCUT2D eigenvalue weighted by Crippen LogP contribution is 2.34. The third kappa shape index (κ3) is 3.76. The number of rotatable bonds is 6. The number of aliphatic hydroxyl groups is 1. The number of anilines is 1. The molecule has 1 aliphatic carbocycles. The molecule has 7 heteroatoms. The molecule has 2 heterocycles. The van der Waals surface area contributed by atoms with Crippen LogP contribution in [0.4, 0.5) is 5.95 Å². The number of benzene rings is 1. The Kier molecular flexibility index (Phi) is 5.87. The Bertz CT molecular complexity index is 1050. The Morgan fingerprint density at radius 2 is 2.00 bits per heavy atom. The van der Waals surface area contributed by atoms with Gasteiger partial charge in [0.25, 0.3) is 5.56 Å². The second-order valence-corrected chi connectivity index (χ2v) is 8.53. The Morgan fingerprint density at radius 3 is 2.69 bits per heavy atom. The largest absolute Gasteiger partial charge is 0.497 e. The standard InChI is InChI=1S/C22H27N3O3S/c1-3-14(13-26)23-22-24-20-19(17-7-5-4-6-8-18(17)29-20)21(27)25(22)15-9-11-16(28-2)12-10-15/h9-12,14,26H,3-8,13H2,1-2H3,(H,23,24)/t14-/m0/s1. The highest BCUT2D eigenvalue weighted by Gasteiger charge is 2.23. The van der Waals surface area contributed by atoms with Crippen molar-refractivity contribution in [2.45, 2.75) is 51.5 Å². The lowest BCUT2D eigenvalue weighted by atomic mass is 10.1. The summed E-state index contributed by atoms with van der Waals surface area (Å²) in [4.78, 5) is 20.7. The van der Waals surface area contributed by atoms with Crippen LogP contribution in [0.15, 0.2) is 29.1 Å². The van der Waals surface area contributed by atoms with Gasteiger partial charge in [0.2, 0.25) is 5.95 Å². The monoisotopic (exact) mass is 413 g/mol. The fourth-order valence-electron chi connectivity index (χ4n) is 3.91. The van der Waals surface area contributed by atoms with Crippen LogP contribution in [-0.2, 0) is 12.8 Å². The summed E-state index contributed by atoms with van der Waals surface area (Å²) in [6.45, 7) is 1.98. The molecule has 154 valence electrons. The zero-order chi connectivity index (χ0) is 20.4. The van der Waals surface area contributed by atoms with Gasteiger partial charge in [0.1, 0.15) is 10.6 Å². The number of hydrogen-bond acceptors (Lipinski definition) is 6. The van der Waals surface area contributed by atoms with Gasteiger partial charge in [-0.2, -0.15) is 0 Å². The van der Waals surface area contributed by atoms with Crippen molar-refractivity contribution in [3.8, 4) is 11.4 Å². The average molecular weight is 414 g/mol. The van der Waals surface area contributed by atoms with Gasteiger partial charge in [-0.05, 0) is 61.9 Å². The predicted octanol–water partition coefficient (Wildman–Crippen LogP) is 3.91. The summed E-state index contributed by atoms with van der Waals surface area (Å²) < 4.78 is 6.90. The lowest BCUT2D eigenvalue weighted by molar-refractivity contribution is 0.271. The minimum absolute atomic E-state index is 0.0199. The van der Waals surface area contributed by atoms with Crippen LogP contribution in [0.2, 0.25) is 0 Å². The van der Waals surface area contributed by atoms with Crippen molar-refractivity contribution in [3.05, 3.63) is 45.1 Å². The summed E-state index contributed by atoms with van der Waals surface area (Å²) >= 11 is 1.65. The van der Waals surface area contributed by atoms with Crippen molar-refractivity contribution < 1.29 is 9.84 Å². The van der Waals surface area contributed by atoms with Gasteiger partial charge >= 0.3 is 0 Å². The number of aryl methyl sites for hydroxylation is 2. The van der Waals surface area contributed by atoms with Gasteiger partial charge in [-0.15, -0.1) is 11.3 Å². The first-order valence-corrected chi connectivity index (χ1v) is 11.1. The summed E-state index contributed by atoms with van der Waals surface area (Å²) in [7, 11) is 1.62. The Morgan fingerprint density at radius 1 is 1.24 bits per heavy atom. The van der Waals surface area contributed by atoms with Gasteiger partial charge in [-0.25, -0.2) is 9.55 Å². The van der Waals surface area contributed by atoms with E-state index >= 15 is 0 Å². The van der Waals surface area contributed by atoms with Crippen LogP contribution in [-0.4, -0.2) is 34.4 Å². The van der Waals surface area contributed by atoms with Crippen molar-refractivity contribution in [2.24, 2.45) is 0 Å². The number of hydrogen-bond donors (Lipinski definition) is 2. The number of thiophene rings is 1. The number of fused-ring (bicyclic) bond motifs is 3. The fraction of sp³-hybridized carbons (Fsp3) is 0.455. The molecule has 0 unspecified atom stereocenters. The smallest absolute Gasteiger partial charge is 0.268 e. The van der Waals surface area contributed by atoms with Crippen LogP contribution in [0.1, 0.15) is 43.0 Å². The Hall–Kier alpha value is -2.38. The maximum absolute atomic E-state index is 13.7. The molecule has 3 aromatic rings. The number of nitrogens with one attached hydrogen (secondary N) is 1. The van der Waals surface area contributed by atoms with Crippen molar-refractivity contribution >= 4 is 27.5 Å². The van der Waals surface area contributed by atoms with Crippen molar-refractivity contribution in [1.29, 1.82) is 0 Å². The Labute approximate surface area is 174 Å². The summed E-state index contributed by atoms with van der Waals surface area (Å²) in [5.74, 6) is 1.21. The van der Waals surface area contributed by atoms with E-state index in [1.807, 2.05) is 31.2 Å². The van der Waals surface area contributed by atoms with E-state index in [9.17, 15) is 9.90 Å². The van der Waals surface area contributed by atoms with Crippen LogP contribution in [0.3, 0.4) is 0 Å². The van der Waals surface area contributed by atoms with Gasteiger partial charge < -0.3 is 15.2 Å². The quantitative estimate of drug-likeness (QED) is 0.599. The van der Waals surface area contributed by atoms with Gasteiger partial charge in [0.05, 0.1) is 30.8 Å². The SMILES string of the molecule is CC[C@@H](CO)Nc1nc2sc3c(c2c(=O)n1-c1ccc(OC)cc1)CCCCC3. The highest BCUT2D eigenvalue weighted by molar-refractivity contribution is 7.18. The van der Waals surface area contributed by atoms with Gasteiger partial charge in [0, 0.05) is 4.88 Å². The zero-order valence-corrected chi connectivity index (χ0v) is 17.7. The van der Waals surface area contributed by atoms with E-state index in [2.05, 4.69) is 5.32 Å². The molecule has 0 amide bonds. The van der Waals surface area contributed by atoms with Crippen LogP contribution < -0.4 is 15.6 Å². The molecule has 1 aromatic carbocycles. The van der Waals surface area contributed by atoms with E-state index < -0.39 is 0 Å². The average Bonchev–Trinajstić information content (AvgIpc) is 2.93. The van der Waals surface area contributed by atoms with E-state index in [1.54, 1.807) is 23.0 Å². The van der Waals surface area contributed by atoms with E-state index in [0.717, 1.165) is 47.3 Å². The lowest BCUT2D eigenvalue weighted by Crippen LogP contribution is -2.30. The lowest BCUT2D eigenvalue weighted by Gasteiger charge is -2.19. The van der Waals surface area contributed by atoms with E-state index in [4.69, 9.17) is 9.72 Å². The molecule has 29 heavy (non-hydrogen) atoms. The molecule has 0 saturated heterocycles. The first kappa shape index (κ1) is 19.9. The predicted molar refractivity (Wildman–Crippen MR) is 118 cm³/mol. The maximum Gasteiger partial charge on any atom is 0.268 e. The molecule has 0 aliphatic heterocycles. The minimum atomic E-state index is -0.165. The third-order valence-electron chi connectivity index (χ3n) is 5.62. The van der Waals surface area contributed by atoms with E-state index in [-0.39, 0.29) is 18.2 Å². The van der Waals surface area contributed by atoms with Crippen LogP contribution >= 0.6 is 11.3 Å². The number of nitrogens with zero attached hydrogens (tertiary/aromatic N) is 2. The first-order valence-electron chi connectivity index (χ1n) is 10.2. The molecular weight excluding hydrogens is 386 g/mol. The van der Waals surface area contributed by atoms with Gasteiger partial charge in [0.15, 0.2) is 0 Å². The van der Waals surface area contributed by atoms with Crippen molar-refractivity contribution in [3.63, 3.8) is 0 Å². The van der Waals surface area contributed by atoms with Crippen molar-refractivity contribution in [1.82, 2.24) is 9.55 Å². The summed E-state index contributed by atoms with van der Waals surface area (Å²) in [6, 6.07) is 7.25. The van der Waals surface area contributed by atoms with Crippen molar-refractivity contribution in [2.75, 3.05) is 19.0 Å². The number of ether oxygens (including phenoxy) is 1. The molecule has 0 radical (unpaired) electrons. The summed E-state index contributed by atoms with van der Waals surface area (Å²) in [6.07, 6.45) is 6.18. The topological polar surface area (TPSA) is 76.4 Å². The molecule has 0 saturated carbocycles. The third-order valence-corrected chi connectivity index (χ3v) is 6.80. The molecule has 0 fully saturated rings. The fourth-order valence-corrected chi connectivity index (χ4v) is 5.16. The molecule has 0 bridgehead atoms. The normalized spacial score (nSPS) is 15.0. The molecule has 2 aromatic heterocycles. The van der Waals surface area contributed by atoms with Crippen LogP contribution in [0.5, 0.6) is 5.75 Å². The second kappa shape index (κ2) is 8.55. The van der Waals surface area contributed by atoms with Gasteiger partial charge in [-0.3, -0.25) is 4.79 Å². The Balaban J connectivity index is 1.94. The molecule has 1 aliphatic rings. The molecule has 0 spiro atoms. The zero-order valence-electron chi connectivity index (χ0n) is 16.9. The molecule has 6 nitrogen and oxygen atoms in total. The molecule has 4 rings (SSSR count). The highest BCUT2D eigenvalue weighted by atomic mass is 32.1. The number of methoxy groups -OCH3 is 1. The van der Waals surface area contributed by atoms with Crippen LogP contribution in [0, 0.1) is 0 Å². The molecule has 1 atom stereocenters. The molecular formula is C22H27N3O3S. The van der Waals surface area contributed by atoms with Gasteiger partial charge in [-0.1, -0.05) is 13.3 Å². The number of aliphatic hydroxyl groups excluding tert-OH is 1. The number of aromatic nitrogens is 2. The van der Waals surface area contributed by atoms with E-state index in [0.29, 0.717) is 5.95 Å². The first-order chi connectivity index (χ1) is 14.2. The summed E-state index contributed by atoms with van der Waals surface area (Å²) in [5, 5.41) is 13.7. The second-order valence-electron chi connectivity index (χ2n) is 7.45. The minimum Gasteiger partial charge on any atom is -0.497 e. The van der Waals surface area contributed by atoms with Crippen LogP contribution in [0.25, 0.3) is 15.9 Å². The molecule has 2 N–H and O–H groups in total. The summed E-state index contributed by atoms with van der Waals surface area (Å²) in [5.41, 5.74) is 1.87. The maximum atomic E-state index is 13.7. The van der Waals surface area contributed by atoms with E-state index in [1.165, 1.54) is 23.3 Å².